The number of rotatable bonds is 4. The van der Waals surface area contributed by atoms with Gasteiger partial charge in [-0.3, -0.25) is 0 Å². The number of hydrogen-bond acceptors (Lipinski definition) is 3. The van der Waals surface area contributed by atoms with Gasteiger partial charge in [0.2, 0.25) is 0 Å². The molecule has 2 aliphatic rings. The molecular weight excluding hydrogens is 212 g/mol. The lowest BCUT2D eigenvalue weighted by Gasteiger charge is -2.35. The lowest BCUT2D eigenvalue weighted by Crippen LogP contribution is -2.41. The van der Waals surface area contributed by atoms with Crippen LogP contribution in [0.1, 0.15) is 38.5 Å². The van der Waals surface area contributed by atoms with Crippen molar-refractivity contribution < 1.29 is 4.79 Å². The molecule has 98 valence electrons. The van der Waals surface area contributed by atoms with Crippen molar-refractivity contribution in [1.82, 2.24) is 9.80 Å². The van der Waals surface area contributed by atoms with Gasteiger partial charge in [-0.1, -0.05) is 6.42 Å². The van der Waals surface area contributed by atoms with Crippen LogP contribution in [0.2, 0.25) is 0 Å². The summed E-state index contributed by atoms with van der Waals surface area (Å²) in [7, 11) is 2.27. The van der Waals surface area contributed by atoms with Crippen LogP contribution in [0, 0.1) is 5.92 Å². The van der Waals surface area contributed by atoms with E-state index in [9.17, 15) is 4.79 Å². The summed E-state index contributed by atoms with van der Waals surface area (Å²) in [5.41, 5.74) is 0. The summed E-state index contributed by atoms with van der Waals surface area (Å²) in [4.78, 5) is 15.8. The molecule has 3 nitrogen and oxygen atoms in total. The fraction of sp³-hybridized carbons (Fsp3) is 0.929. The summed E-state index contributed by atoms with van der Waals surface area (Å²) < 4.78 is 0. The second kappa shape index (κ2) is 6.50. The average molecular weight is 238 g/mol. The molecule has 3 heteroatoms. The maximum Gasteiger partial charge on any atom is 0.123 e. The number of hydrogen-bond donors (Lipinski definition) is 0. The highest BCUT2D eigenvalue weighted by molar-refractivity contribution is 5.53. The van der Waals surface area contributed by atoms with E-state index in [0.29, 0.717) is 5.92 Å². The summed E-state index contributed by atoms with van der Waals surface area (Å²) >= 11 is 0. The Kier molecular flexibility index (Phi) is 4.99. The predicted octanol–water partition coefficient (Wildman–Crippen LogP) is 1.77. The molecule has 2 aliphatic heterocycles. The Labute approximate surface area is 105 Å². The first-order valence-electron chi connectivity index (χ1n) is 7.17. The van der Waals surface area contributed by atoms with Crippen molar-refractivity contribution in [2.75, 3.05) is 33.2 Å². The van der Waals surface area contributed by atoms with E-state index in [1.54, 1.807) is 0 Å². The van der Waals surface area contributed by atoms with Crippen LogP contribution in [-0.2, 0) is 4.79 Å². The molecule has 1 atom stereocenters. The van der Waals surface area contributed by atoms with Crippen LogP contribution in [0.4, 0.5) is 0 Å². The molecule has 1 unspecified atom stereocenters. The first-order valence-corrected chi connectivity index (χ1v) is 7.17. The van der Waals surface area contributed by atoms with E-state index in [2.05, 4.69) is 16.8 Å². The molecule has 2 fully saturated rings. The Morgan fingerprint density at radius 1 is 1.12 bits per heavy atom. The Morgan fingerprint density at radius 3 is 2.53 bits per heavy atom. The maximum atomic E-state index is 10.7. The molecule has 17 heavy (non-hydrogen) atoms. The maximum absolute atomic E-state index is 10.7. The van der Waals surface area contributed by atoms with Gasteiger partial charge in [0, 0.05) is 12.0 Å². The Bertz CT molecular complexity index is 236. The molecule has 2 saturated heterocycles. The number of likely N-dealkylation sites (tertiary alicyclic amines) is 2. The van der Waals surface area contributed by atoms with Crippen molar-refractivity contribution in [2.45, 2.75) is 44.6 Å². The van der Waals surface area contributed by atoms with Gasteiger partial charge in [-0.25, -0.2) is 0 Å². The van der Waals surface area contributed by atoms with Crippen LogP contribution in [-0.4, -0.2) is 55.4 Å². The normalized spacial score (nSPS) is 29.4. The van der Waals surface area contributed by atoms with Gasteiger partial charge >= 0.3 is 0 Å². The van der Waals surface area contributed by atoms with Crippen molar-refractivity contribution in [2.24, 2.45) is 5.92 Å². The van der Waals surface area contributed by atoms with Crippen LogP contribution < -0.4 is 0 Å². The second-order valence-corrected chi connectivity index (χ2v) is 5.73. The molecular formula is C14H26N2O. The van der Waals surface area contributed by atoms with Gasteiger partial charge in [0.05, 0.1) is 0 Å². The van der Waals surface area contributed by atoms with E-state index in [0.717, 1.165) is 38.3 Å². The summed E-state index contributed by atoms with van der Waals surface area (Å²) in [5, 5.41) is 0. The van der Waals surface area contributed by atoms with Crippen molar-refractivity contribution >= 4 is 6.29 Å². The predicted molar refractivity (Wildman–Crippen MR) is 70.1 cm³/mol. The highest BCUT2D eigenvalue weighted by atomic mass is 16.1. The summed E-state index contributed by atoms with van der Waals surface area (Å²) in [6.07, 6.45) is 8.75. The van der Waals surface area contributed by atoms with Gasteiger partial charge in [-0.15, -0.1) is 0 Å². The van der Waals surface area contributed by atoms with Gasteiger partial charge < -0.3 is 14.6 Å². The molecule has 0 N–H and O–H groups in total. The van der Waals surface area contributed by atoms with Crippen LogP contribution in [0.25, 0.3) is 0 Å². The van der Waals surface area contributed by atoms with Gasteiger partial charge in [-0.05, 0) is 65.3 Å². The number of carbonyl (C=O) groups excluding carboxylic acids is 1. The molecule has 0 aromatic heterocycles. The fourth-order valence-electron chi connectivity index (χ4n) is 3.15. The van der Waals surface area contributed by atoms with Crippen molar-refractivity contribution in [3.63, 3.8) is 0 Å². The molecule has 0 bridgehead atoms. The Morgan fingerprint density at radius 2 is 1.88 bits per heavy atom. The minimum absolute atomic E-state index is 0.337. The SMILES string of the molecule is CN1CCCCC1CCN1CCC(C=O)CC1. The molecule has 0 aromatic rings. The third-order valence-electron chi connectivity index (χ3n) is 4.52. The summed E-state index contributed by atoms with van der Waals surface area (Å²) in [5.74, 6) is 0.337. The van der Waals surface area contributed by atoms with Crippen LogP contribution >= 0.6 is 0 Å². The lowest BCUT2D eigenvalue weighted by molar-refractivity contribution is -0.112. The number of nitrogens with zero attached hydrogens (tertiary/aromatic N) is 2. The zero-order valence-electron chi connectivity index (χ0n) is 11.1. The molecule has 0 amide bonds. The van der Waals surface area contributed by atoms with E-state index >= 15 is 0 Å². The fourth-order valence-corrected chi connectivity index (χ4v) is 3.15. The van der Waals surface area contributed by atoms with Gasteiger partial charge in [0.15, 0.2) is 0 Å². The zero-order chi connectivity index (χ0) is 12.1. The highest BCUT2D eigenvalue weighted by Gasteiger charge is 2.22. The summed E-state index contributed by atoms with van der Waals surface area (Å²) in [6, 6.07) is 0.799. The highest BCUT2D eigenvalue weighted by Crippen LogP contribution is 2.20. The van der Waals surface area contributed by atoms with Crippen molar-refractivity contribution in [1.29, 1.82) is 0 Å². The first-order chi connectivity index (χ1) is 8.29. The summed E-state index contributed by atoms with van der Waals surface area (Å²) in [6.45, 7) is 4.75. The molecule has 2 rings (SSSR count). The molecule has 0 spiro atoms. The molecule has 0 aromatic carbocycles. The van der Waals surface area contributed by atoms with Crippen molar-refractivity contribution in [3.8, 4) is 0 Å². The second-order valence-electron chi connectivity index (χ2n) is 5.73. The van der Waals surface area contributed by atoms with Crippen LogP contribution in [0.5, 0.6) is 0 Å². The lowest BCUT2D eigenvalue weighted by atomic mass is 9.97. The van der Waals surface area contributed by atoms with Gasteiger partial charge in [0.25, 0.3) is 0 Å². The van der Waals surface area contributed by atoms with E-state index in [1.165, 1.54) is 38.8 Å². The molecule has 2 heterocycles. The molecule has 0 aliphatic carbocycles. The third kappa shape index (κ3) is 3.78. The standard InChI is InChI=1S/C14H26N2O/c1-15-8-3-2-4-14(15)7-11-16-9-5-13(12-17)6-10-16/h12-14H,2-11H2,1H3. The first kappa shape index (κ1) is 13.0. The largest absolute Gasteiger partial charge is 0.303 e. The van der Waals surface area contributed by atoms with E-state index < -0.39 is 0 Å². The van der Waals surface area contributed by atoms with E-state index in [-0.39, 0.29) is 0 Å². The third-order valence-corrected chi connectivity index (χ3v) is 4.52. The quantitative estimate of drug-likeness (QED) is 0.697. The van der Waals surface area contributed by atoms with Crippen LogP contribution in [0.15, 0.2) is 0 Å². The Balaban J connectivity index is 1.66. The number of piperidine rings is 2. The zero-order valence-corrected chi connectivity index (χ0v) is 11.1. The average Bonchev–Trinajstić information content (AvgIpc) is 2.38. The van der Waals surface area contributed by atoms with Crippen LogP contribution in [0.3, 0.4) is 0 Å². The van der Waals surface area contributed by atoms with E-state index in [1.807, 2.05) is 0 Å². The minimum Gasteiger partial charge on any atom is -0.303 e. The number of carbonyl (C=O) groups is 1. The Hall–Kier alpha value is -0.410. The number of aldehydes is 1. The van der Waals surface area contributed by atoms with Gasteiger partial charge in [-0.2, -0.15) is 0 Å². The topological polar surface area (TPSA) is 23.6 Å². The van der Waals surface area contributed by atoms with Gasteiger partial charge in [0.1, 0.15) is 6.29 Å². The van der Waals surface area contributed by atoms with Crippen molar-refractivity contribution in [3.05, 3.63) is 0 Å². The minimum atomic E-state index is 0.337. The molecule has 0 radical (unpaired) electrons. The monoisotopic (exact) mass is 238 g/mol. The van der Waals surface area contributed by atoms with E-state index in [4.69, 9.17) is 0 Å². The molecule has 0 saturated carbocycles. The smallest absolute Gasteiger partial charge is 0.123 e.